The van der Waals surface area contributed by atoms with Crippen molar-refractivity contribution in [2.45, 2.75) is 4.90 Å². The molecular weight excluding hydrogens is 460 g/mol. The minimum atomic E-state index is -4.14. The van der Waals surface area contributed by atoms with Crippen LogP contribution >= 0.6 is 0 Å². The third kappa shape index (κ3) is 3.81. The summed E-state index contributed by atoms with van der Waals surface area (Å²) < 4.78 is 49.5. The number of pyridine rings is 1. The Morgan fingerprint density at radius 1 is 0.824 bits per heavy atom. The van der Waals surface area contributed by atoms with Gasteiger partial charge in [-0.15, -0.1) is 0 Å². The molecule has 0 saturated carbocycles. The van der Waals surface area contributed by atoms with Gasteiger partial charge in [-0.2, -0.15) is 0 Å². The average Bonchev–Trinajstić information content (AvgIpc) is 3.27. The van der Waals surface area contributed by atoms with Crippen LogP contribution in [0.2, 0.25) is 0 Å². The molecule has 176 valence electrons. The molecule has 0 amide bonds. The molecule has 2 aromatic heterocycles. The van der Waals surface area contributed by atoms with Gasteiger partial charge in [-0.05, 0) is 36.4 Å². The van der Waals surface area contributed by atoms with Gasteiger partial charge in [0.05, 0.1) is 44.4 Å². The van der Waals surface area contributed by atoms with E-state index in [1.807, 2.05) is 0 Å². The van der Waals surface area contributed by atoms with E-state index in [1.54, 1.807) is 24.3 Å². The minimum absolute atomic E-state index is 0.0299. The summed E-state index contributed by atoms with van der Waals surface area (Å²) in [7, 11) is 1.62. The van der Waals surface area contributed by atoms with Crippen molar-refractivity contribution < 1.29 is 32.2 Å². The van der Waals surface area contributed by atoms with Crippen molar-refractivity contribution in [3.8, 4) is 23.1 Å². The molecule has 0 unspecified atom stereocenters. The van der Waals surface area contributed by atoms with Crippen LogP contribution in [0.15, 0.2) is 65.6 Å². The van der Waals surface area contributed by atoms with Gasteiger partial charge in [-0.3, -0.25) is 4.79 Å². The molecule has 34 heavy (non-hydrogen) atoms. The molecule has 10 heteroatoms. The molecule has 0 aliphatic rings. The van der Waals surface area contributed by atoms with Crippen molar-refractivity contribution in [2.75, 3.05) is 28.4 Å². The molecule has 2 aromatic carbocycles. The molecule has 0 radical (unpaired) electrons. The summed E-state index contributed by atoms with van der Waals surface area (Å²) >= 11 is 0. The lowest BCUT2D eigenvalue weighted by atomic mass is 10.1. The van der Waals surface area contributed by atoms with Gasteiger partial charge in [0, 0.05) is 11.6 Å². The van der Waals surface area contributed by atoms with E-state index in [9.17, 15) is 13.2 Å². The van der Waals surface area contributed by atoms with E-state index >= 15 is 0 Å². The number of ketones is 1. The van der Waals surface area contributed by atoms with Gasteiger partial charge in [-0.1, -0.05) is 18.2 Å². The average molecular weight is 483 g/mol. The highest BCUT2D eigenvalue weighted by molar-refractivity contribution is 7.90. The first-order valence-electron chi connectivity index (χ1n) is 10.1. The number of fused-ring (bicyclic) bond motifs is 1. The first-order valence-corrected chi connectivity index (χ1v) is 11.5. The summed E-state index contributed by atoms with van der Waals surface area (Å²) in [5, 5.41) is 0. The van der Waals surface area contributed by atoms with Gasteiger partial charge in [0.15, 0.2) is 11.5 Å². The summed E-state index contributed by atoms with van der Waals surface area (Å²) in [6.45, 7) is 0. The third-order valence-corrected chi connectivity index (χ3v) is 6.98. The summed E-state index contributed by atoms with van der Waals surface area (Å²) in [5.74, 6) is 0.548. The smallest absolute Gasteiger partial charge is 0.268 e. The maximum absolute atomic E-state index is 13.7. The van der Waals surface area contributed by atoms with Crippen LogP contribution in [-0.4, -0.2) is 51.6 Å². The fraction of sp³-hybridized carbons (Fsp3) is 0.167. The number of hydrogen-bond donors (Lipinski definition) is 0. The summed E-state index contributed by atoms with van der Waals surface area (Å²) in [5.41, 5.74) is 0.567. The molecule has 2 heterocycles. The molecular formula is C24H22N2O7S. The van der Waals surface area contributed by atoms with Gasteiger partial charge in [0.1, 0.15) is 5.69 Å². The van der Waals surface area contributed by atoms with Crippen LogP contribution in [0.5, 0.6) is 23.1 Å². The van der Waals surface area contributed by atoms with Crippen molar-refractivity contribution in [3.63, 3.8) is 0 Å². The van der Waals surface area contributed by atoms with E-state index in [2.05, 4.69) is 4.98 Å². The van der Waals surface area contributed by atoms with Crippen molar-refractivity contribution in [1.29, 1.82) is 0 Å². The normalized spacial score (nSPS) is 11.3. The number of aromatic nitrogens is 2. The maximum atomic E-state index is 13.7. The van der Waals surface area contributed by atoms with Crippen LogP contribution < -0.4 is 18.9 Å². The Hall–Kier alpha value is -4.05. The molecule has 0 N–H and O–H groups in total. The molecule has 0 bridgehead atoms. The van der Waals surface area contributed by atoms with Gasteiger partial charge in [0.2, 0.25) is 17.4 Å². The summed E-state index contributed by atoms with van der Waals surface area (Å²) in [4.78, 5) is 18.1. The lowest BCUT2D eigenvalue weighted by Gasteiger charge is -2.15. The van der Waals surface area contributed by atoms with E-state index in [1.165, 1.54) is 64.8 Å². The highest BCUT2D eigenvalue weighted by atomic mass is 32.2. The van der Waals surface area contributed by atoms with E-state index < -0.39 is 15.8 Å². The predicted molar refractivity (Wildman–Crippen MR) is 125 cm³/mol. The van der Waals surface area contributed by atoms with Crippen LogP contribution in [0.1, 0.15) is 16.1 Å². The highest BCUT2D eigenvalue weighted by Crippen LogP contribution is 2.39. The molecule has 0 atom stereocenters. The molecule has 4 aromatic rings. The number of rotatable bonds is 8. The second kappa shape index (κ2) is 9.06. The van der Waals surface area contributed by atoms with E-state index in [-0.39, 0.29) is 44.6 Å². The minimum Gasteiger partial charge on any atom is -0.493 e. The molecule has 0 saturated heterocycles. The Balaban J connectivity index is 1.99. The SMILES string of the molecule is COc1ccc2c(cc(C(=O)c3cc(OC)c(OC)c(OC)c3)n2S(=O)(=O)c2ccccc2)n1. The monoisotopic (exact) mass is 482 g/mol. The van der Waals surface area contributed by atoms with Crippen LogP contribution in [0.4, 0.5) is 0 Å². The Labute approximate surface area is 196 Å². The van der Waals surface area contributed by atoms with E-state index in [4.69, 9.17) is 18.9 Å². The lowest BCUT2D eigenvalue weighted by molar-refractivity contribution is 0.103. The Morgan fingerprint density at radius 3 is 2.03 bits per heavy atom. The number of methoxy groups -OCH3 is 4. The molecule has 0 aliphatic carbocycles. The van der Waals surface area contributed by atoms with Crippen LogP contribution in [0.3, 0.4) is 0 Å². The van der Waals surface area contributed by atoms with Crippen molar-refractivity contribution in [2.24, 2.45) is 0 Å². The van der Waals surface area contributed by atoms with Gasteiger partial charge in [0.25, 0.3) is 10.0 Å². The quantitative estimate of drug-likeness (QED) is 0.351. The van der Waals surface area contributed by atoms with Crippen molar-refractivity contribution in [1.82, 2.24) is 8.96 Å². The summed E-state index contributed by atoms with van der Waals surface area (Å²) in [6, 6.07) is 15.3. The number of nitrogens with zero attached hydrogens (tertiary/aromatic N) is 2. The van der Waals surface area contributed by atoms with Gasteiger partial charge in [-0.25, -0.2) is 17.4 Å². The number of benzene rings is 2. The topological polar surface area (TPSA) is 106 Å². The fourth-order valence-electron chi connectivity index (χ4n) is 3.63. The fourth-order valence-corrected chi connectivity index (χ4v) is 5.15. The molecule has 0 fully saturated rings. The second-order valence-electron chi connectivity index (χ2n) is 7.11. The van der Waals surface area contributed by atoms with E-state index in [0.717, 1.165) is 3.97 Å². The van der Waals surface area contributed by atoms with Crippen LogP contribution in [0, 0.1) is 0 Å². The van der Waals surface area contributed by atoms with E-state index in [0.29, 0.717) is 5.75 Å². The lowest BCUT2D eigenvalue weighted by Crippen LogP contribution is -2.19. The Kier molecular flexibility index (Phi) is 6.16. The zero-order chi connectivity index (χ0) is 24.5. The third-order valence-electron chi connectivity index (χ3n) is 5.24. The first kappa shape index (κ1) is 23.1. The first-order chi connectivity index (χ1) is 16.3. The number of hydrogen-bond acceptors (Lipinski definition) is 8. The molecule has 9 nitrogen and oxygen atoms in total. The molecule has 4 rings (SSSR count). The molecule has 0 spiro atoms. The Morgan fingerprint density at radius 2 is 1.47 bits per heavy atom. The maximum Gasteiger partial charge on any atom is 0.268 e. The highest BCUT2D eigenvalue weighted by Gasteiger charge is 2.29. The largest absolute Gasteiger partial charge is 0.493 e. The number of carbonyl (C=O) groups is 1. The van der Waals surface area contributed by atoms with Gasteiger partial charge >= 0.3 is 0 Å². The summed E-state index contributed by atoms with van der Waals surface area (Å²) in [6.07, 6.45) is 0. The zero-order valence-corrected chi connectivity index (χ0v) is 19.8. The predicted octanol–water partition coefficient (Wildman–Crippen LogP) is 3.54. The van der Waals surface area contributed by atoms with Crippen molar-refractivity contribution in [3.05, 3.63) is 71.9 Å². The van der Waals surface area contributed by atoms with Crippen LogP contribution in [-0.2, 0) is 10.0 Å². The number of carbonyl (C=O) groups excluding carboxylic acids is 1. The van der Waals surface area contributed by atoms with Crippen LogP contribution in [0.25, 0.3) is 11.0 Å². The Bertz CT molecular complexity index is 1450. The zero-order valence-electron chi connectivity index (χ0n) is 18.9. The molecule has 0 aliphatic heterocycles. The second-order valence-corrected chi connectivity index (χ2v) is 8.90. The number of ether oxygens (including phenoxy) is 4. The van der Waals surface area contributed by atoms with Gasteiger partial charge < -0.3 is 18.9 Å². The van der Waals surface area contributed by atoms with Crippen molar-refractivity contribution >= 4 is 26.8 Å². The standard InChI is InChI=1S/C24H22N2O7S/c1-30-20-12-15(13-21(31-2)24(20)33-4)23(27)19-14-17-18(10-11-22(25-17)32-3)26(19)34(28,29)16-8-6-5-7-9-16/h5-14H,1-4H3.